The largest absolute Gasteiger partial charge is 0.372 e. The average Bonchev–Trinajstić information content (AvgIpc) is 2.60. The second kappa shape index (κ2) is 5.83. The molecule has 0 spiro atoms. The van der Waals surface area contributed by atoms with Crippen LogP contribution in [0.25, 0.3) is 0 Å². The summed E-state index contributed by atoms with van der Waals surface area (Å²) >= 11 is 0. The van der Waals surface area contributed by atoms with Crippen LogP contribution in [0.1, 0.15) is 5.69 Å². The van der Waals surface area contributed by atoms with Gasteiger partial charge >= 0.3 is 0 Å². The van der Waals surface area contributed by atoms with Crippen LogP contribution in [0.3, 0.4) is 0 Å². The van der Waals surface area contributed by atoms with Crippen LogP contribution >= 0.6 is 24.8 Å². The summed E-state index contributed by atoms with van der Waals surface area (Å²) in [5.41, 5.74) is 1.11. The molecular weight excluding hydrogens is 211 g/mol. The quantitative estimate of drug-likeness (QED) is 0.779. The van der Waals surface area contributed by atoms with Gasteiger partial charge < -0.3 is 10.3 Å². The first-order valence-corrected chi connectivity index (χ1v) is 3.69. The van der Waals surface area contributed by atoms with Crippen molar-refractivity contribution in [2.75, 3.05) is 13.1 Å². The molecule has 74 valence electrons. The van der Waals surface area contributed by atoms with Crippen molar-refractivity contribution >= 4 is 30.6 Å². The molecule has 0 saturated carbocycles. The molecule has 6 heteroatoms. The van der Waals surface area contributed by atoms with Crippen molar-refractivity contribution in [1.29, 1.82) is 0 Å². The molecule has 0 atom stereocenters. The highest BCUT2D eigenvalue weighted by Gasteiger charge is 2.05. The summed E-state index contributed by atoms with van der Waals surface area (Å²) in [6.45, 7) is 1.88. The van der Waals surface area contributed by atoms with E-state index < -0.39 is 0 Å². The maximum atomic E-state index is 4.27. The molecule has 0 fully saturated rings. The van der Waals surface area contributed by atoms with Crippen LogP contribution in [0.15, 0.2) is 17.5 Å². The van der Waals surface area contributed by atoms with Crippen molar-refractivity contribution in [3.8, 4) is 0 Å². The van der Waals surface area contributed by atoms with Gasteiger partial charge in [-0.15, -0.1) is 24.8 Å². The lowest BCUT2D eigenvalue weighted by atomic mass is 10.3. The van der Waals surface area contributed by atoms with E-state index in [0.29, 0.717) is 0 Å². The molecule has 0 radical (unpaired) electrons. The molecule has 0 bridgehead atoms. The highest BCUT2D eigenvalue weighted by molar-refractivity contribution is 5.86. The van der Waals surface area contributed by atoms with E-state index in [0.717, 1.165) is 31.0 Å². The monoisotopic (exact) mass is 222 g/mol. The Hall–Kier alpha value is -0.740. The minimum absolute atomic E-state index is 0. The number of aromatic nitrogens is 2. The van der Waals surface area contributed by atoms with Crippen molar-refractivity contribution in [1.82, 2.24) is 15.3 Å². The van der Waals surface area contributed by atoms with Crippen molar-refractivity contribution in [3.05, 3.63) is 18.2 Å². The van der Waals surface area contributed by atoms with E-state index in [4.69, 9.17) is 0 Å². The molecule has 1 aliphatic heterocycles. The number of aliphatic imine (C=N–C) groups is 1. The highest BCUT2D eigenvalue weighted by Crippen LogP contribution is 1.96. The zero-order valence-corrected chi connectivity index (χ0v) is 8.62. The van der Waals surface area contributed by atoms with Crippen LogP contribution in [0.4, 0.5) is 0 Å². The van der Waals surface area contributed by atoms with Crippen LogP contribution < -0.4 is 5.32 Å². The lowest BCUT2D eigenvalue weighted by Crippen LogP contribution is -2.20. The zero-order valence-electron chi connectivity index (χ0n) is 6.99. The smallest absolute Gasteiger partial charge is 0.102 e. The number of hydrogen-bond acceptors (Lipinski definition) is 3. The van der Waals surface area contributed by atoms with Crippen molar-refractivity contribution in [3.63, 3.8) is 0 Å². The van der Waals surface area contributed by atoms with Gasteiger partial charge in [0.2, 0.25) is 0 Å². The number of H-pyrrole nitrogens is 1. The molecule has 1 aromatic rings. The standard InChI is InChI=1S/C7H10N4.2ClH/c1-2-10-7(9-1)3-6-4-8-5-11-6;;/h4-5H,1-3H2,(H,8,11)(H,9,10);2*1H. The number of rotatable bonds is 2. The molecule has 0 amide bonds. The Balaban J connectivity index is 0.000000720. The first-order chi connectivity index (χ1) is 5.45. The fourth-order valence-corrected chi connectivity index (χ4v) is 1.13. The number of aromatic amines is 1. The lowest BCUT2D eigenvalue weighted by molar-refractivity contribution is 0.951. The van der Waals surface area contributed by atoms with Crippen LogP contribution in [0.2, 0.25) is 0 Å². The van der Waals surface area contributed by atoms with Gasteiger partial charge in [-0.1, -0.05) is 0 Å². The van der Waals surface area contributed by atoms with Gasteiger partial charge in [-0.05, 0) is 0 Å². The van der Waals surface area contributed by atoms with Crippen LogP contribution in [0.5, 0.6) is 0 Å². The van der Waals surface area contributed by atoms with Gasteiger partial charge in [0.05, 0.1) is 12.9 Å². The van der Waals surface area contributed by atoms with Gasteiger partial charge in [0, 0.05) is 24.9 Å². The molecule has 13 heavy (non-hydrogen) atoms. The van der Waals surface area contributed by atoms with E-state index in [-0.39, 0.29) is 24.8 Å². The molecule has 2 N–H and O–H groups in total. The van der Waals surface area contributed by atoms with Crippen LogP contribution in [-0.4, -0.2) is 28.9 Å². The van der Waals surface area contributed by atoms with E-state index >= 15 is 0 Å². The Morgan fingerprint density at radius 2 is 2.23 bits per heavy atom. The first kappa shape index (κ1) is 12.3. The highest BCUT2D eigenvalue weighted by atomic mass is 35.5. The zero-order chi connectivity index (χ0) is 7.52. The minimum atomic E-state index is 0. The second-order valence-corrected chi connectivity index (χ2v) is 2.51. The normalized spacial score (nSPS) is 13.7. The molecule has 2 rings (SSSR count). The molecule has 4 nitrogen and oxygen atoms in total. The predicted molar refractivity (Wildman–Crippen MR) is 57.1 cm³/mol. The van der Waals surface area contributed by atoms with Crippen LogP contribution in [-0.2, 0) is 6.42 Å². The average molecular weight is 223 g/mol. The summed E-state index contributed by atoms with van der Waals surface area (Å²) in [6.07, 6.45) is 4.35. The Kier molecular flexibility index (Phi) is 5.50. The lowest BCUT2D eigenvalue weighted by Gasteiger charge is -1.97. The van der Waals surface area contributed by atoms with E-state index in [1.54, 1.807) is 6.33 Å². The van der Waals surface area contributed by atoms with E-state index in [9.17, 15) is 0 Å². The number of hydrogen-bond donors (Lipinski definition) is 2. The SMILES string of the molecule is Cl.Cl.c1ncc(CC2=NCCN2)[nH]1. The molecule has 0 aromatic carbocycles. The molecule has 1 aliphatic rings. The summed E-state index contributed by atoms with van der Waals surface area (Å²) in [4.78, 5) is 11.2. The topological polar surface area (TPSA) is 53.1 Å². The number of amidine groups is 1. The van der Waals surface area contributed by atoms with Crippen molar-refractivity contribution in [2.45, 2.75) is 6.42 Å². The third kappa shape index (κ3) is 3.24. The molecule has 0 aliphatic carbocycles. The molecule has 0 unspecified atom stereocenters. The van der Waals surface area contributed by atoms with Crippen molar-refractivity contribution < 1.29 is 0 Å². The minimum Gasteiger partial charge on any atom is -0.372 e. The Labute approximate surface area is 89.1 Å². The number of nitrogens with zero attached hydrogens (tertiary/aromatic N) is 2. The predicted octanol–water partition coefficient (Wildman–Crippen LogP) is 0.797. The Morgan fingerprint density at radius 3 is 2.77 bits per heavy atom. The van der Waals surface area contributed by atoms with Gasteiger partial charge in [0.1, 0.15) is 5.84 Å². The van der Waals surface area contributed by atoms with E-state index in [2.05, 4.69) is 20.3 Å². The first-order valence-electron chi connectivity index (χ1n) is 3.69. The van der Waals surface area contributed by atoms with Gasteiger partial charge in [-0.2, -0.15) is 0 Å². The second-order valence-electron chi connectivity index (χ2n) is 2.51. The Bertz CT molecular complexity index is 257. The summed E-state index contributed by atoms with van der Waals surface area (Å²) in [6, 6.07) is 0. The molecule has 1 aromatic heterocycles. The van der Waals surface area contributed by atoms with E-state index in [1.807, 2.05) is 6.20 Å². The number of halogens is 2. The number of imidazole rings is 1. The third-order valence-electron chi connectivity index (χ3n) is 1.66. The van der Waals surface area contributed by atoms with Gasteiger partial charge in [-0.3, -0.25) is 4.99 Å². The van der Waals surface area contributed by atoms with Crippen LogP contribution in [0, 0.1) is 0 Å². The Morgan fingerprint density at radius 1 is 1.38 bits per heavy atom. The number of nitrogens with one attached hydrogen (secondary N) is 2. The third-order valence-corrected chi connectivity index (χ3v) is 1.66. The molecule has 2 heterocycles. The maximum absolute atomic E-state index is 4.27. The van der Waals surface area contributed by atoms with Gasteiger partial charge in [0.25, 0.3) is 0 Å². The van der Waals surface area contributed by atoms with Crippen molar-refractivity contribution in [2.24, 2.45) is 4.99 Å². The summed E-state index contributed by atoms with van der Waals surface area (Å²) in [7, 11) is 0. The fraction of sp³-hybridized carbons (Fsp3) is 0.429. The molecular formula is C7H12Cl2N4. The summed E-state index contributed by atoms with van der Waals surface area (Å²) in [5.74, 6) is 1.06. The van der Waals surface area contributed by atoms with E-state index in [1.165, 1.54) is 0 Å². The fourth-order valence-electron chi connectivity index (χ4n) is 1.13. The maximum Gasteiger partial charge on any atom is 0.102 e. The molecule has 0 saturated heterocycles. The summed E-state index contributed by atoms with van der Waals surface area (Å²) < 4.78 is 0. The van der Waals surface area contributed by atoms with Gasteiger partial charge in [-0.25, -0.2) is 4.98 Å². The van der Waals surface area contributed by atoms with Gasteiger partial charge in [0.15, 0.2) is 0 Å². The summed E-state index contributed by atoms with van der Waals surface area (Å²) in [5, 5.41) is 3.20.